The molecule has 8 heteroatoms. The number of carboxylic acids is 1. The summed E-state index contributed by atoms with van der Waals surface area (Å²) in [5, 5.41) is 15.8. The van der Waals surface area contributed by atoms with Crippen LogP contribution in [0.25, 0.3) is 0 Å². The summed E-state index contributed by atoms with van der Waals surface area (Å²) in [6.45, 7) is 13.9. The van der Waals surface area contributed by atoms with Gasteiger partial charge in [-0.15, -0.1) is 11.3 Å². The van der Waals surface area contributed by atoms with Gasteiger partial charge in [0.15, 0.2) is 0 Å². The Hall–Kier alpha value is -2.42. The second kappa shape index (κ2) is 12.0. The molecule has 1 saturated heterocycles. The Balaban J connectivity index is 0.000000654. The fourth-order valence-electron chi connectivity index (χ4n) is 3.47. The van der Waals surface area contributed by atoms with E-state index in [2.05, 4.69) is 29.4 Å². The first-order valence-electron chi connectivity index (χ1n) is 11.0. The Morgan fingerprint density at radius 1 is 1.19 bits per heavy atom. The van der Waals surface area contributed by atoms with Crippen LogP contribution in [0.4, 0.5) is 10.7 Å². The van der Waals surface area contributed by atoms with Crippen LogP contribution < -0.4 is 15.5 Å². The first-order chi connectivity index (χ1) is 15.2. The van der Waals surface area contributed by atoms with Crippen molar-refractivity contribution in [1.82, 2.24) is 5.32 Å². The molecule has 2 aromatic rings. The van der Waals surface area contributed by atoms with Crippen LogP contribution in [0.15, 0.2) is 24.3 Å². The quantitative estimate of drug-likeness (QED) is 0.533. The lowest BCUT2D eigenvalue weighted by Gasteiger charge is -2.40. The van der Waals surface area contributed by atoms with Gasteiger partial charge in [0, 0.05) is 36.3 Å². The van der Waals surface area contributed by atoms with Gasteiger partial charge >= 0.3 is 5.97 Å². The molecule has 3 N–H and O–H groups in total. The van der Waals surface area contributed by atoms with Crippen LogP contribution in [0.5, 0.6) is 0 Å². The fourth-order valence-corrected chi connectivity index (χ4v) is 4.67. The van der Waals surface area contributed by atoms with Gasteiger partial charge in [0.25, 0.3) is 5.91 Å². The number of hydrogen-bond donors (Lipinski definition) is 3. The Kier molecular flexibility index (Phi) is 9.68. The van der Waals surface area contributed by atoms with Crippen LogP contribution in [-0.2, 0) is 4.74 Å². The number of ether oxygens (including phenoxy) is 1. The van der Waals surface area contributed by atoms with E-state index in [4.69, 9.17) is 4.74 Å². The minimum atomic E-state index is -1.02. The summed E-state index contributed by atoms with van der Waals surface area (Å²) in [6.07, 6.45) is 0.264. The van der Waals surface area contributed by atoms with Crippen LogP contribution in [0.1, 0.15) is 64.8 Å². The van der Waals surface area contributed by atoms with E-state index in [-0.39, 0.29) is 23.5 Å². The van der Waals surface area contributed by atoms with E-state index >= 15 is 0 Å². The molecule has 2 heterocycles. The molecule has 0 saturated carbocycles. The lowest BCUT2D eigenvalue weighted by molar-refractivity contribution is 0.0697. The molecule has 32 heavy (non-hydrogen) atoms. The summed E-state index contributed by atoms with van der Waals surface area (Å²) in [4.78, 5) is 27.4. The highest BCUT2D eigenvalue weighted by atomic mass is 32.1. The van der Waals surface area contributed by atoms with Crippen LogP contribution >= 0.6 is 11.3 Å². The molecule has 0 aliphatic carbocycles. The number of carboxylic acid groups (broad SMARTS) is 1. The number of rotatable bonds is 8. The summed E-state index contributed by atoms with van der Waals surface area (Å²) < 4.78 is 5.27. The largest absolute Gasteiger partial charge is 0.478 e. The summed E-state index contributed by atoms with van der Waals surface area (Å²) in [5.41, 5.74) is 2.44. The predicted octanol–water partition coefficient (Wildman–Crippen LogP) is 4.58. The predicted molar refractivity (Wildman–Crippen MR) is 132 cm³/mol. The van der Waals surface area contributed by atoms with Gasteiger partial charge in [-0.2, -0.15) is 0 Å². The lowest BCUT2D eigenvalue weighted by atomic mass is 10.1. The van der Waals surface area contributed by atoms with Crippen molar-refractivity contribution in [3.8, 4) is 0 Å². The number of amides is 1. The molecule has 0 bridgehead atoms. The number of carbonyl (C=O) groups excluding carboxylic acids is 1. The average molecular weight is 462 g/mol. The zero-order chi connectivity index (χ0) is 23.8. The maximum absolute atomic E-state index is 12.6. The maximum Gasteiger partial charge on any atom is 0.338 e. The van der Waals surface area contributed by atoms with Crippen molar-refractivity contribution in [2.45, 2.75) is 46.6 Å². The number of nitrogens with zero attached hydrogens (tertiary/aromatic N) is 1. The second-order valence-electron chi connectivity index (χ2n) is 7.98. The highest BCUT2D eigenvalue weighted by Gasteiger charge is 2.27. The van der Waals surface area contributed by atoms with Gasteiger partial charge in [-0.1, -0.05) is 27.7 Å². The van der Waals surface area contributed by atoms with E-state index in [1.165, 1.54) is 11.3 Å². The molecule has 1 amide bonds. The molecular formula is C24H35N3O4S. The van der Waals surface area contributed by atoms with Crippen molar-refractivity contribution >= 4 is 33.9 Å². The van der Waals surface area contributed by atoms with Crippen molar-refractivity contribution < 1.29 is 19.4 Å². The van der Waals surface area contributed by atoms with E-state index in [1.807, 2.05) is 26.0 Å². The number of nitrogens with one attached hydrogen (secondary N) is 2. The molecule has 0 spiro atoms. The van der Waals surface area contributed by atoms with Crippen molar-refractivity contribution in [1.29, 1.82) is 0 Å². The normalized spacial score (nSPS) is 13.4. The monoisotopic (exact) mass is 461 g/mol. The molecule has 0 radical (unpaired) electrons. The van der Waals surface area contributed by atoms with Gasteiger partial charge in [0.05, 0.1) is 11.7 Å². The van der Waals surface area contributed by atoms with Crippen molar-refractivity contribution in [3.05, 3.63) is 45.8 Å². The second-order valence-corrected chi connectivity index (χ2v) is 9.03. The van der Waals surface area contributed by atoms with Gasteiger partial charge in [-0.05, 0) is 55.8 Å². The molecule has 1 aromatic heterocycles. The summed E-state index contributed by atoms with van der Waals surface area (Å²) in [5.74, 6) is -1.13. The third-order valence-electron chi connectivity index (χ3n) is 5.33. The highest BCUT2D eigenvalue weighted by molar-refractivity contribution is 7.17. The molecule has 0 unspecified atom stereocenters. The lowest BCUT2D eigenvalue weighted by Crippen LogP contribution is -2.51. The fraction of sp³-hybridized carbons (Fsp3) is 0.500. The van der Waals surface area contributed by atoms with Gasteiger partial charge in [-0.25, -0.2) is 4.79 Å². The third-order valence-corrected chi connectivity index (χ3v) is 6.83. The van der Waals surface area contributed by atoms with Crippen molar-refractivity contribution in [2.24, 2.45) is 0 Å². The van der Waals surface area contributed by atoms with E-state index in [0.29, 0.717) is 10.6 Å². The minimum Gasteiger partial charge on any atom is -0.478 e. The molecule has 1 fully saturated rings. The van der Waals surface area contributed by atoms with Crippen LogP contribution in [0.3, 0.4) is 0 Å². The number of hydrogen-bond acceptors (Lipinski definition) is 6. The van der Waals surface area contributed by atoms with E-state index in [0.717, 1.165) is 42.3 Å². The molecule has 3 rings (SSSR count). The maximum atomic E-state index is 12.6. The standard InChI is InChI=1S/C20H24N2O4S.C4H11N/c1-11(2)17-12(3)16(20(24)25)19(27-17)21-18(23)13-5-7-14(8-6-13)22-9-15(10-22)26-4;1-3-5-4-2/h5-8,11,15H,9-10H2,1-4H3,(H,21,23)(H,24,25);5H,3-4H2,1-2H3. The number of thiophene rings is 1. The van der Waals surface area contributed by atoms with Gasteiger partial charge in [0.2, 0.25) is 0 Å². The van der Waals surface area contributed by atoms with E-state index < -0.39 is 5.97 Å². The van der Waals surface area contributed by atoms with E-state index in [1.54, 1.807) is 26.2 Å². The number of carbonyl (C=O) groups is 2. The van der Waals surface area contributed by atoms with Crippen LogP contribution in [0.2, 0.25) is 0 Å². The van der Waals surface area contributed by atoms with Gasteiger partial charge in [0.1, 0.15) is 5.00 Å². The topological polar surface area (TPSA) is 90.9 Å². The first kappa shape index (κ1) is 25.8. The number of benzene rings is 1. The summed E-state index contributed by atoms with van der Waals surface area (Å²) >= 11 is 1.33. The molecular weight excluding hydrogens is 426 g/mol. The molecule has 1 aliphatic heterocycles. The number of aromatic carboxylic acids is 1. The molecule has 1 aliphatic rings. The molecule has 176 valence electrons. The summed E-state index contributed by atoms with van der Waals surface area (Å²) in [7, 11) is 1.71. The Morgan fingerprint density at radius 3 is 2.22 bits per heavy atom. The molecule has 7 nitrogen and oxygen atoms in total. The minimum absolute atomic E-state index is 0.180. The molecule has 0 atom stereocenters. The first-order valence-corrected chi connectivity index (χ1v) is 11.8. The van der Waals surface area contributed by atoms with Gasteiger partial charge in [-0.3, -0.25) is 4.79 Å². The zero-order valence-corrected chi connectivity index (χ0v) is 20.6. The Bertz CT molecular complexity index is 901. The average Bonchev–Trinajstić information content (AvgIpc) is 3.05. The highest BCUT2D eigenvalue weighted by Crippen LogP contribution is 2.37. The molecule has 1 aromatic carbocycles. The number of anilines is 2. The van der Waals surface area contributed by atoms with Crippen LogP contribution in [-0.4, -0.2) is 56.4 Å². The Labute approximate surface area is 194 Å². The summed E-state index contributed by atoms with van der Waals surface area (Å²) in [6, 6.07) is 7.32. The van der Waals surface area contributed by atoms with Crippen LogP contribution in [0, 0.1) is 6.92 Å². The van der Waals surface area contributed by atoms with Crippen molar-refractivity contribution in [3.63, 3.8) is 0 Å². The van der Waals surface area contributed by atoms with Gasteiger partial charge < -0.3 is 25.4 Å². The van der Waals surface area contributed by atoms with Crippen molar-refractivity contribution in [2.75, 3.05) is 43.5 Å². The Morgan fingerprint density at radius 2 is 1.78 bits per heavy atom. The number of methoxy groups -OCH3 is 1. The SMILES string of the molecule is CCNCC.COC1CN(c2ccc(C(=O)Nc3sc(C(C)C)c(C)c3C(=O)O)cc2)C1. The zero-order valence-electron chi connectivity index (χ0n) is 19.8. The smallest absolute Gasteiger partial charge is 0.338 e. The third kappa shape index (κ3) is 6.31. The van der Waals surface area contributed by atoms with E-state index in [9.17, 15) is 14.7 Å².